The van der Waals surface area contributed by atoms with Crippen molar-refractivity contribution < 1.29 is 14.3 Å². The fraction of sp³-hybridized carbons (Fsp3) is 0.188. The molecular weight excluding hydrogens is 325 g/mol. The van der Waals surface area contributed by atoms with Crippen molar-refractivity contribution >= 4 is 29.3 Å². The van der Waals surface area contributed by atoms with Gasteiger partial charge in [-0.15, -0.1) is 0 Å². The quantitative estimate of drug-likeness (QED) is 0.872. The van der Waals surface area contributed by atoms with E-state index in [0.717, 1.165) is 16.7 Å². The predicted octanol–water partition coefficient (Wildman–Crippen LogP) is 4.58. The zero-order valence-electron chi connectivity index (χ0n) is 11.5. The SMILES string of the molecule is NC(=O)OC1CCOc2cc(-c3ccc(Cl)c(Cl)c3)ccc21. The van der Waals surface area contributed by atoms with Gasteiger partial charge in [-0.3, -0.25) is 0 Å². The maximum absolute atomic E-state index is 11.0. The maximum atomic E-state index is 11.0. The average Bonchev–Trinajstić information content (AvgIpc) is 2.49. The van der Waals surface area contributed by atoms with Gasteiger partial charge in [0.05, 0.1) is 16.7 Å². The molecule has 0 bridgehead atoms. The minimum absolute atomic E-state index is 0.371. The number of primary amides is 1. The van der Waals surface area contributed by atoms with Gasteiger partial charge < -0.3 is 15.2 Å². The highest BCUT2D eigenvalue weighted by atomic mass is 35.5. The van der Waals surface area contributed by atoms with E-state index < -0.39 is 6.09 Å². The van der Waals surface area contributed by atoms with Crippen LogP contribution in [-0.4, -0.2) is 12.7 Å². The van der Waals surface area contributed by atoms with Crippen LogP contribution in [0.15, 0.2) is 36.4 Å². The van der Waals surface area contributed by atoms with E-state index in [9.17, 15) is 4.79 Å². The second kappa shape index (κ2) is 6.07. The minimum Gasteiger partial charge on any atom is -0.493 e. The van der Waals surface area contributed by atoms with Crippen molar-refractivity contribution in [2.45, 2.75) is 12.5 Å². The first-order valence-corrected chi connectivity index (χ1v) is 7.48. The standard InChI is InChI=1S/C16H13Cl2NO3/c17-12-4-2-9(7-13(12)18)10-1-3-11-14(22-16(19)20)5-6-21-15(11)8-10/h1-4,7-8,14H,5-6H2,(H2,19,20). The molecule has 0 saturated carbocycles. The molecule has 2 aromatic rings. The number of carbonyl (C=O) groups excluding carboxylic acids is 1. The number of ether oxygens (including phenoxy) is 2. The van der Waals surface area contributed by atoms with E-state index in [1.165, 1.54) is 0 Å². The summed E-state index contributed by atoms with van der Waals surface area (Å²) in [6.45, 7) is 0.468. The Hall–Kier alpha value is -1.91. The molecule has 2 N–H and O–H groups in total. The van der Waals surface area contributed by atoms with E-state index in [2.05, 4.69) is 0 Å². The van der Waals surface area contributed by atoms with Crippen LogP contribution in [0.3, 0.4) is 0 Å². The van der Waals surface area contributed by atoms with Crippen LogP contribution in [0.4, 0.5) is 4.79 Å². The smallest absolute Gasteiger partial charge is 0.405 e. The number of halogens is 2. The summed E-state index contributed by atoms with van der Waals surface area (Å²) in [4.78, 5) is 11.0. The van der Waals surface area contributed by atoms with Crippen molar-refractivity contribution in [3.63, 3.8) is 0 Å². The van der Waals surface area contributed by atoms with Gasteiger partial charge in [0.2, 0.25) is 0 Å². The van der Waals surface area contributed by atoms with Gasteiger partial charge >= 0.3 is 6.09 Å². The summed E-state index contributed by atoms with van der Waals surface area (Å²) in [6.07, 6.45) is -0.572. The highest BCUT2D eigenvalue weighted by molar-refractivity contribution is 6.42. The van der Waals surface area contributed by atoms with E-state index in [0.29, 0.717) is 28.8 Å². The third-order valence-electron chi connectivity index (χ3n) is 3.51. The highest BCUT2D eigenvalue weighted by Gasteiger charge is 2.24. The van der Waals surface area contributed by atoms with Crippen molar-refractivity contribution in [3.05, 3.63) is 52.0 Å². The molecule has 0 spiro atoms. The molecule has 3 rings (SSSR count). The molecule has 0 aromatic heterocycles. The molecule has 1 aliphatic rings. The zero-order valence-corrected chi connectivity index (χ0v) is 13.0. The molecule has 0 saturated heterocycles. The van der Waals surface area contributed by atoms with E-state index in [1.54, 1.807) is 12.1 Å². The van der Waals surface area contributed by atoms with Gasteiger partial charge in [0.25, 0.3) is 0 Å². The normalized spacial score (nSPS) is 16.5. The van der Waals surface area contributed by atoms with Crippen molar-refractivity contribution in [1.82, 2.24) is 0 Å². The van der Waals surface area contributed by atoms with E-state index in [-0.39, 0.29) is 6.10 Å². The lowest BCUT2D eigenvalue weighted by Gasteiger charge is -2.25. The lowest BCUT2D eigenvalue weighted by Crippen LogP contribution is -2.22. The molecule has 6 heteroatoms. The van der Waals surface area contributed by atoms with Crippen LogP contribution in [-0.2, 0) is 4.74 Å². The highest BCUT2D eigenvalue weighted by Crippen LogP contribution is 2.38. The zero-order chi connectivity index (χ0) is 15.7. The monoisotopic (exact) mass is 337 g/mol. The predicted molar refractivity (Wildman–Crippen MR) is 85.4 cm³/mol. The number of rotatable bonds is 2. The van der Waals surface area contributed by atoms with Crippen LogP contribution in [0, 0.1) is 0 Å². The summed E-state index contributed by atoms with van der Waals surface area (Å²) in [6, 6.07) is 11.1. The Balaban J connectivity index is 1.96. The summed E-state index contributed by atoms with van der Waals surface area (Å²) in [5.74, 6) is 0.682. The van der Waals surface area contributed by atoms with Crippen LogP contribution < -0.4 is 10.5 Å². The number of benzene rings is 2. The van der Waals surface area contributed by atoms with Crippen LogP contribution >= 0.6 is 23.2 Å². The van der Waals surface area contributed by atoms with Gasteiger partial charge in [0.1, 0.15) is 11.9 Å². The lowest BCUT2D eigenvalue weighted by molar-refractivity contribution is 0.0766. The van der Waals surface area contributed by atoms with Crippen molar-refractivity contribution in [3.8, 4) is 16.9 Å². The Labute approximate surface area is 137 Å². The second-order valence-electron chi connectivity index (χ2n) is 4.94. The number of nitrogens with two attached hydrogens (primary N) is 1. The lowest BCUT2D eigenvalue weighted by atomic mass is 9.98. The third kappa shape index (κ3) is 2.98. The molecule has 1 unspecified atom stereocenters. The van der Waals surface area contributed by atoms with Gasteiger partial charge in [0.15, 0.2) is 0 Å². The first-order valence-electron chi connectivity index (χ1n) is 6.73. The Kier molecular flexibility index (Phi) is 4.14. The first-order chi connectivity index (χ1) is 10.5. The molecule has 0 aliphatic carbocycles. The first kappa shape index (κ1) is 15.0. The molecule has 0 fully saturated rings. The van der Waals surface area contributed by atoms with Crippen LogP contribution in [0.25, 0.3) is 11.1 Å². The molecule has 0 radical (unpaired) electrons. The van der Waals surface area contributed by atoms with Gasteiger partial charge in [-0.2, -0.15) is 0 Å². The van der Waals surface area contributed by atoms with E-state index in [1.807, 2.05) is 24.3 Å². The molecule has 4 nitrogen and oxygen atoms in total. The number of amides is 1. The topological polar surface area (TPSA) is 61.6 Å². The molecule has 114 valence electrons. The number of fused-ring (bicyclic) bond motifs is 1. The Morgan fingerprint density at radius 2 is 1.86 bits per heavy atom. The maximum Gasteiger partial charge on any atom is 0.405 e. The Bertz CT molecular complexity index is 733. The number of hydrogen-bond donors (Lipinski definition) is 1. The molecule has 1 amide bonds. The molecule has 1 atom stereocenters. The van der Waals surface area contributed by atoms with Gasteiger partial charge in [-0.25, -0.2) is 4.79 Å². The van der Waals surface area contributed by atoms with Crippen LogP contribution in [0.1, 0.15) is 18.1 Å². The second-order valence-corrected chi connectivity index (χ2v) is 5.76. The molecule has 22 heavy (non-hydrogen) atoms. The van der Waals surface area contributed by atoms with E-state index in [4.69, 9.17) is 38.4 Å². The number of carbonyl (C=O) groups is 1. The fourth-order valence-electron chi connectivity index (χ4n) is 2.47. The molecule has 1 heterocycles. The van der Waals surface area contributed by atoms with Crippen LogP contribution in [0.2, 0.25) is 10.0 Å². The largest absolute Gasteiger partial charge is 0.493 e. The Morgan fingerprint density at radius 1 is 1.14 bits per heavy atom. The summed E-state index contributed by atoms with van der Waals surface area (Å²) in [5, 5.41) is 1.00. The Morgan fingerprint density at radius 3 is 2.59 bits per heavy atom. The van der Waals surface area contributed by atoms with Crippen molar-refractivity contribution in [2.75, 3.05) is 6.61 Å². The summed E-state index contributed by atoms with van der Waals surface area (Å²) in [7, 11) is 0. The van der Waals surface area contributed by atoms with Gasteiger partial charge in [-0.05, 0) is 29.3 Å². The van der Waals surface area contributed by atoms with E-state index >= 15 is 0 Å². The summed E-state index contributed by atoms with van der Waals surface area (Å²) >= 11 is 12.0. The van der Waals surface area contributed by atoms with Gasteiger partial charge in [0, 0.05) is 12.0 Å². The van der Waals surface area contributed by atoms with Crippen molar-refractivity contribution in [2.24, 2.45) is 5.73 Å². The van der Waals surface area contributed by atoms with Crippen LogP contribution in [0.5, 0.6) is 5.75 Å². The minimum atomic E-state index is -0.786. The number of hydrogen-bond acceptors (Lipinski definition) is 3. The average molecular weight is 338 g/mol. The summed E-state index contributed by atoms with van der Waals surface area (Å²) < 4.78 is 10.8. The molecule has 2 aromatic carbocycles. The molecule has 1 aliphatic heterocycles. The third-order valence-corrected chi connectivity index (χ3v) is 4.25. The van der Waals surface area contributed by atoms with Gasteiger partial charge in [-0.1, -0.05) is 41.4 Å². The summed E-state index contributed by atoms with van der Waals surface area (Å²) in [5.41, 5.74) is 7.79. The van der Waals surface area contributed by atoms with Crippen molar-refractivity contribution in [1.29, 1.82) is 0 Å². The fourth-order valence-corrected chi connectivity index (χ4v) is 2.77. The molecular formula is C16H13Cl2NO3.